The van der Waals surface area contributed by atoms with Gasteiger partial charge in [-0.25, -0.2) is 13.9 Å². The Labute approximate surface area is 167 Å². The second-order valence-corrected chi connectivity index (χ2v) is 7.11. The molecule has 1 unspecified atom stereocenters. The first-order chi connectivity index (χ1) is 14.0. The van der Waals surface area contributed by atoms with Gasteiger partial charge in [-0.2, -0.15) is 4.98 Å². The predicted molar refractivity (Wildman–Crippen MR) is 104 cm³/mol. The zero-order valence-electron chi connectivity index (χ0n) is 16.4. The van der Waals surface area contributed by atoms with Gasteiger partial charge in [-0.3, -0.25) is 9.69 Å². The van der Waals surface area contributed by atoms with E-state index >= 15 is 0 Å². The second kappa shape index (κ2) is 8.22. The van der Waals surface area contributed by atoms with E-state index in [2.05, 4.69) is 25.3 Å². The van der Waals surface area contributed by atoms with E-state index in [1.807, 2.05) is 19.9 Å². The van der Waals surface area contributed by atoms with E-state index in [1.54, 1.807) is 16.6 Å². The lowest BCUT2D eigenvalue weighted by Crippen LogP contribution is -2.44. The Bertz CT molecular complexity index is 1010. The van der Waals surface area contributed by atoms with Crippen LogP contribution in [0.2, 0.25) is 0 Å². The molecule has 0 spiro atoms. The molecule has 1 amide bonds. The molecule has 1 aliphatic heterocycles. The maximum Gasteiger partial charge on any atom is 0.291 e. The number of aromatic nitrogens is 4. The van der Waals surface area contributed by atoms with Gasteiger partial charge in [0.1, 0.15) is 5.82 Å². The average molecular weight is 398 g/mol. The summed E-state index contributed by atoms with van der Waals surface area (Å²) in [5.74, 6) is -0.180. The van der Waals surface area contributed by atoms with Crippen LogP contribution in [0.25, 0.3) is 5.78 Å². The number of rotatable bonds is 5. The number of carbonyl (C=O) groups is 1. The number of nitrogens with one attached hydrogen (secondary N) is 1. The van der Waals surface area contributed by atoms with Crippen molar-refractivity contribution in [3.63, 3.8) is 0 Å². The van der Waals surface area contributed by atoms with Crippen LogP contribution in [-0.2, 0) is 4.74 Å². The van der Waals surface area contributed by atoms with Gasteiger partial charge >= 0.3 is 0 Å². The molecule has 1 fully saturated rings. The topological polar surface area (TPSA) is 84.7 Å². The van der Waals surface area contributed by atoms with Crippen molar-refractivity contribution in [2.24, 2.45) is 0 Å². The third-order valence-corrected chi connectivity index (χ3v) is 5.02. The van der Waals surface area contributed by atoms with Crippen molar-refractivity contribution in [2.75, 3.05) is 32.8 Å². The van der Waals surface area contributed by atoms with Gasteiger partial charge in [-0.15, -0.1) is 5.10 Å². The highest BCUT2D eigenvalue weighted by Crippen LogP contribution is 2.22. The monoisotopic (exact) mass is 398 g/mol. The van der Waals surface area contributed by atoms with E-state index in [0.29, 0.717) is 25.5 Å². The van der Waals surface area contributed by atoms with Crippen molar-refractivity contribution in [2.45, 2.75) is 19.9 Å². The summed E-state index contributed by atoms with van der Waals surface area (Å²) in [6.07, 6.45) is 0. The lowest BCUT2D eigenvalue weighted by Gasteiger charge is -2.34. The lowest BCUT2D eigenvalue weighted by atomic mass is 10.0. The van der Waals surface area contributed by atoms with Crippen molar-refractivity contribution < 1.29 is 13.9 Å². The van der Waals surface area contributed by atoms with E-state index in [9.17, 15) is 9.18 Å². The number of morpholine rings is 1. The summed E-state index contributed by atoms with van der Waals surface area (Å²) < 4.78 is 20.4. The fourth-order valence-electron chi connectivity index (χ4n) is 3.56. The molecule has 3 aromatic rings. The first-order valence-corrected chi connectivity index (χ1v) is 9.58. The maximum absolute atomic E-state index is 13.4. The van der Waals surface area contributed by atoms with E-state index in [-0.39, 0.29) is 23.6 Å². The number of halogens is 1. The van der Waals surface area contributed by atoms with Crippen LogP contribution in [-0.4, -0.2) is 63.2 Å². The van der Waals surface area contributed by atoms with Crippen LogP contribution in [0.15, 0.2) is 30.3 Å². The number of carbonyl (C=O) groups excluding carboxylic acids is 1. The Morgan fingerprint density at radius 1 is 1.21 bits per heavy atom. The minimum Gasteiger partial charge on any atom is -0.379 e. The minimum absolute atomic E-state index is 0.0750. The summed E-state index contributed by atoms with van der Waals surface area (Å²) in [5, 5.41) is 7.20. The van der Waals surface area contributed by atoms with Gasteiger partial charge in [0.2, 0.25) is 5.82 Å². The molecule has 1 N–H and O–H groups in total. The first-order valence-electron chi connectivity index (χ1n) is 9.58. The van der Waals surface area contributed by atoms with E-state index in [1.165, 1.54) is 12.1 Å². The predicted octanol–water partition coefficient (Wildman–Crippen LogP) is 1.68. The molecule has 1 atom stereocenters. The Morgan fingerprint density at radius 3 is 2.66 bits per heavy atom. The number of nitrogens with zero attached hydrogens (tertiary/aromatic N) is 5. The Kier molecular flexibility index (Phi) is 5.50. The zero-order valence-corrected chi connectivity index (χ0v) is 16.4. The zero-order chi connectivity index (χ0) is 20.4. The van der Waals surface area contributed by atoms with Crippen molar-refractivity contribution in [1.82, 2.24) is 29.8 Å². The molecule has 0 aliphatic carbocycles. The van der Waals surface area contributed by atoms with Gasteiger partial charge in [0, 0.05) is 31.0 Å². The standard InChI is InChI=1S/C20H23FN6O2/c1-13-11-14(2)27-20(23-13)24-18(25-27)19(28)22-12-17(26-7-9-29-10-8-26)15-3-5-16(21)6-4-15/h3-6,11,17H,7-10,12H2,1-2H3,(H,22,28). The van der Waals surface area contributed by atoms with Crippen LogP contribution >= 0.6 is 0 Å². The molecule has 0 saturated carbocycles. The fourth-order valence-corrected chi connectivity index (χ4v) is 3.56. The van der Waals surface area contributed by atoms with E-state index < -0.39 is 0 Å². The van der Waals surface area contributed by atoms with Crippen LogP contribution in [0.1, 0.15) is 33.6 Å². The van der Waals surface area contributed by atoms with E-state index in [0.717, 1.165) is 30.0 Å². The smallest absolute Gasteiger partial charge is 0.291 e. The van der Waals surface area contributed by atoms with E-state index in [4.69, 9.17) is 4.74 Å². The van der Waals surface area contributed by atoms with Crippen molar-refractivity contribution in [3.8, 4) is 0 Å². The number of hydrogen-bond acceptors (Lipinski definition) is 6. The number of fused-ring (bicyclic) bond motifs is 1. The number of benzene rings is 1. The number of aryl methyl sites for hydroxylation is 2. The maximum atomic E-state index is 13.4. The van der Waals surface area contributed by atoms with Gasteiger partial charge in [0.25, 0.3) is 11.7 Å². The molecule has 4 rings (SSSR count). The molecule has 9 heteroatoms. The Morgan fingerprint density at radius 2 is 1.93 bits per heavy atom. The van der Waals surface area contributed by atoms with Gasteiger partial charge in [-0.05, 0) is 37.6 Å². The van der Waals surface area contributed by atoms with Crippen LogP contribution in [0.4, 0.5) is 4.39 Å². The molecule has 29 heavy (non-hydrogen) atoms. The van der Waals surface area contributed by atoms with Crippen LogP contribution < -0.4 is 5.32 Å². The van der Waals surface area contributed by atoms with Gasteiger partial charge < -0.3 is 10.1 Å². The molecule has 0 radical (unpaired) electrons. The SMILES string of the molecule is Cc1cc(C)n2nc(C(=O)NCC(c3ccc(F)cc3)N3CCOCC3)nc2n1. The summed E-state index contributed by atoms with van der Waals surface area (Å²) in [7, 11) is 0. The highest BCUT2D eigenvalue weighted by Gasteiger charge is 2.24. The summed E-state index contributed by atoms with van der Waals surface area (Å²) in [6.45, 7) is 6.86. The van der Waals surface area contributed by atoms with Gasteiger partial charge in [0.05, 0.1) is 19.3 Å². The summed E-state index contributed by atoms with van der Waals surface area (Å²) in [4.78, 5) is 23.5. The van der Waals surface area contributed by atoms with Crippen LogP contribution in [0.3, 0.4) is 0 Å². The van der Waals surface area contributed by atoms with Gasteiger partial charge in [0.15, 0.2) is 0 Å². The summed E-state index contributed by atoms with van der Waals surface area (Å²) in [5.41, 5.74) is 2.61. The van der Waals surface area contributed by atoms with Crippen LogP contribution in [0, 0.1) is 19.7 Å². The Balaban J connectivity index is 1.52. The normalized spacial score (nSPS) is 16.1. The Hall–Kier alpha value is -2.91. The summed E-state index contributed by atoms with van der Waals surface area (Å²) in [6, 6.07) is 8.16. The molecule has 0 bridgehead atoms. The molecule has 3 heterocycles. The summed E-state index contributed by atoms with van der Waals surface area (Å²) >= 11 is 0. The van der Waals surface area contributed by atoms with Crippen molar-refractivity contribution >= 4 is 11.7 Å². The number of ether oxygens (including phenoxy) is 1. The molecule has 1 aromatic carbocycles. The van der Waals surface area contributed by atoms with Crippen LogP contribution in [0.5, 0.6) is 0 Å². The molecule has 2 aromatic heterocycles. The minimum atomic E-state index is -0.368. The third-order valence-electron chi connectivity index (χ3n) is 5.02. The molecular weight excluding hydrogens is 375 g/mol. The van der Waals surface area contributed by atoms with Gasteiger partial charge in [-0.1, -0.05) is 12.1 Å². The van der Waals surface area contributed by atoms with Crippen molar-refractivity contribution in [1.29, 1.82) is 0 Å². The second-order valence-electron chi connectivity index (χ2n) is 7.11. The molecule has 152 valence electrons. The first kappa shape index (κ1) is 19.4. The number of amides is 1. The molecule has 1 aliphatic rings. The lowest BCUT2D eigenvalue weighted by molar-refractivity contribution is 0.0162. The highest BCUT2D eigenvalue weighted by atomic mass is 19.1. The quantitative estimate of drug-likeness (QED) is 0.704. The average Bonchev–Trinajstić information content (AvgIpc) is 3.15. The fraction of sp³-hybridized carbons (Fsp3) is 0.400. The highest BCUT2D eigenvalue weighted by molar-refractivity contribution is 5.90. The largest absolute Gasteiger partial charge is 0.379 e. The molecular formula is C20H23FN6O2. The molecule has 1 saturated heterocycles. The van der Waals surface area contributed by atoms with Crippen molar-refractivity contribution in [3.05, 3.63) is 58.9 Å². The number of hydrogen-bond donors (Lipinski definition) is 1. The third kappa shape index (κ3) is 4.25. The molecule has 8 nitrogen and oxygen atoms in total.